The highest BCUT2D eigenvalue weighted by molar-refractivity contribution is 5.37. The summed E-state index contributed by atoms with van der Waals surface area (Å²) in [6.07, 6.45) is -1.57. The average molecular weight is 233 g/mol. The van der Waals surface area contributed by atoms with Gasteiger partial charge < -0.3 is 9.84 Å². The van der Waals surface area contributed by atoms with Crippen LogP contribution in [0, 0.1) is 25.2 Å². The van der Waals surface area contributed by atoms with Crippen molar-refractivity contribution in [2.75, 3.05) is 0 Å². The Balaban J connectivity index is 2.99. The molecule has 0 aromatic heterocycles. The van der Waals surface area contributed by atoms with Crippen LogP contribution in [0.2, 0.25) is 0 Å². The minimum absolute atomic E-state index is 0.362. The first kappa shape index (κ1) is 13.7. The van der Waals surface area contributed by atoms with Crippen molar-refractivity contribution in [1.82, 2.24) is 0 Å². The molecule has 3 heteroatoms. The Labute approximate surface area is 103 Å². The van der Waals surface area contributed by atoms with Crippen molar-refractivity contribution in [3.63, 3.8) is 0 Å². The van der Waals surface area contributed by atoms with Crippen molar-refractivity contribution in [2.24, 2.45) is 0 Å². The summed E-state index contributed by atoms with van der Waals surface area (Å²) in [6, 6.07) is 8.03. The van der Waals surface area contributed by atoms with Gasteiger partial charge in [-0.05, 0) is 38.8 Å². The minimum Gasteiger partial charge on any atom is -0.391 e. The van der Waals surface area contributed by atoms with Gasteiger partial charge in [0.05, 0.1) is 18.3 Å². The van der Waals surface area contributed by atoms with Gasteiger partial charge in [0.15, 0.2) is 6.10 Å². The van der Waals surface area contributed by atoms with Crippen molar-refractivity contribution < 1.29 is 9.84 Å². The molecule has 92 valence electrons. The summed E-state index contributed by atoms with van der Waals surface area (Å²) in [6.45, 7) is 7.35. The van der Waals surface area contributed by atoms with Gasteiger partial charge in [-0.15, -0.1) is 0 Å². The molecule has 3 unspecified atom stereocenters. The zero-order valence-electron chi connectivity index (χ0n) is 10.8. The van der Waals surface area contributed by atoms with E-state index in [1.165, 1.54) is 0 Å². The van der Waals surface area contributed by atoms with Crippen LogP contribution in [0.25, 0.3) is 0 Å². The molecule has 0 heterocycles. The van der Waals surface area contributed by atoms with Crippen LogP contribution in [0.15, 0.2) is 18.2 Å². The summed E-state index contributed by atoms with van der Waals surface area (Å²) in [5.74, 6) is 0. The number of aryl methyl sites for hydroxylation is 2. The number of nitrogens with zero attached hydrogens (tertiary/aromatic N) is 1. The summed E-state index contributed by atoms with van der Waals surface area (Å²) in [4.78, 5) is 0. The number of ether oxygens (including phenoxy) is 1. The molecule has 0 aliphatic rings. The van der Waals surface area contributed by atoms with E-state index in [9.17, 15) is 10.4 Å². The summed E-state index contributed by atoms with van der Waals surface area (Å²) >= 11 is 0. The van der Waals surface area contributed by atoms with Gasteiger partial charge in [0, 0.05) is 5.56 Å². The number of hydrogen-bond donors (Lipinski definition) is 1. The van der Waals surface area contributed by atoms with Crippen molar-refractivity contribution in [3.05, 3.63) is 34.9 Å². The second-order valence-electron chi connectivity index (χ2n) is 4.40. The highest BCUT2D eigenvalue weighted by Gasteiger charge is 2.20. The maximum atomic E-state index is 9.42. The van der Waals surface area contributed by atoms with Crippen molar-refractivity contribution >= 4 is 0 Å². The lowest BCUT2D eigenvalue weighted by Crippen LogP contribution is -2.25. The second-order valence-corrected chi connectivity index (χ2v) is 4.40. The molecule has 0 bridgehead atoms. The van der Waals surface area contributed by atoms with Crippen LogP contribution in [0.5, 0.6) is 0 Å². The lowest BCUT2D eigenvalue weighted by atomic mass is 9.98. The summed E-state index contributed by atoms with van der Waals surface area (Å²) in [5, 5.41) is 18.6. The van der Waals surface area contributed by atoms with Crippen LogP contribution in [0.1, 0.15) is 36.6 Å². The Morgan fingerprint density at radius 1 is 1.24 bits per heavy atom. The van der Waals surface area contributed by atoms with Crippen molar-refractivity contribution in [1.29, 1.82) is 5.26 Å². The van der Waals surface area contributed by atoms with Gasteiger partial charge >= 0.3 is 0 Å². The molecule has 1 aromatic rings. The Morgan fingerprint density at radius 3 is 2.18 bits per heavy atom. The molecule has 1 rings (SSSR count). The van der Waals surface area contributed by atoms with Crippen LogP contribution >= 0.6 is 0 Å². The number of rotatable bonds is 4. The molecule has 0 saturated heterocycles. The standard InChI is InChI=1S/C14H19NO2/c1-9-6-5-7-10(2)14(9)13(8-15)17-12(4)11(3)16/h5-7,11-13,16H,1-4H3. The molecule has 1 aromatic carbocycles. The highest BCUT2D eigenvalue weighted by atomic mass is 16.5. The summed E-state index contributed by atoms with van der Waals surface area (Å²) < 4.78 is 5.60. The van der Waals surface area contributed by atoms with Gasteiger partial charge in [-0.3, -0.25) is 0 Å². The first-order valence-electron chi connectivity index (χ1n) is 5.76. The second kappa shape index (κ2) is 5.81. The maximum absolute atomic E-state index is 9.42. The number of aliphatic hydroxyl groups excluding tert-OH is 1. The quantitative estimate of drug-likeness (QED) is 0.869. The molecule has 0 aliphatic carbocycles. The fourth-order valence-corrected chi connectivity index (χ4v) is 1.73. The zero-order chi connectivity index (χ0) is 13.0. The first-order valence-corrected chi connectivity index (χ1v) is 5.76. The fraction of sp³-hybridized carbons (Fsp3) is 0.500. The number of aliphatic hydroxyl groups is 1. The van der Waals surface area contributed by atoms with Gasteiger partial charge in [-0.25, -0.2) is 0 Å². The van der Waals surface area contributed by atoms with E-state index in [-0.39, 0.29) is 6.10 Å². The SMILES string of the molecule is Cc1cccc(C)c1C(C#N)OC(C)C(C)O. The molecule has 1 N–H and O–H groups in total. The van der Waals surface area contributed by atoms with Gasteiger partial charge in [-0.1, -0.05) is 18.2 Å². The molecule has 17 heavy (non-hydrogen) atoms. The highest BCUT2D eigenvalue weighted by Crippen LogP contribution is 2.26. The topological polar surface area (TPSA) is 53.2 Å². The van der Waals surface area contributed by atoms with Crippen molar-refractivity contribution in [2.45, 2.75) is 46.0 Å². The van der Waals surface area contributed by atoms with E-state index < -0.39 is 12.2 Å². The van der Waals surface area contributed by atoms with E-state index in [0.29, 0.717) is 0 Å². The third-order valence-electron chi connectivity index (χ3n) is 2.95. The monoisotopic (exact) mass is 233 g/mol. The number of hydrogen-bond acceptors (Lipinski definition) is 3. The fourth-order valence-electron chi connectivity index (χ4n) is 1.73. The normalized spacial score (nSPS) is 16.0. The number of benzene rings is 1. The Bertz CT molecular complexity index is 400. The van der Waals surface area contributed by atoms with Crippen LogP contribution < -0.4 is 0 Å². The molecular formula is C14H19NO2. The van der Waals surface area contributed by atoms with E-state index in [1.807, 2.05) is 32.0 Å². The molecular weight excluding hydrogens is 214 g/mol. The minimum atomic E-state index is -0.624. The van der Waals surface area contributed by atoms with E-state index in [0.717, 1.165) is 16.7 Å². The van der Waals surface area contributed by atoms with Gasteiger partial charge in [0.2, 0.25) is 0 Å². The predicted molar refractivity (Wildman–Crippen MR) is 66.5 cm³/mol. The van der Waals surface area contributed by atoms with E-state index in [2.05, 4.69) is 6.07 Å². The van der Waals surface area contributed by atoms with Gasteiger partial charge in [0.1, 0.15) is 0 Å². The van der Waals surface area contributed by atoms with E-state index in [4.69, 9.17) is 4.74 Å². The lowest BCUT2D eigenvalue weighted by Gasteiger charge is -2.22. The van der Waals surface area contributed by atoms with Crippen LogP contribution in [-0.2, 0) is 4.74 Å². The Kier molecular flexibility index (Phi) is 4.68. The van der Waals surface area contributed by atoms with Crippen LogP contribution in [-0.4, -0.2) is 17.3 Å². The van der Waals surface area contributed by atoms with E-state index in [1.54, 1.807) is 13.8 Å². The smallest absolute Gasteiger partial charge is 0.170 e. The average Bonchev–Trinajstić information content (AvgIpc) is 2.26. The Morgan fingerprint density at radius 2 is 1.76 bits per heavy atom. The van der Waals surface area contributed by atoms with Crippen molar-refractivity contribution in [3.8, 4) is 6.07 Å². The largest absolute Gasteiger partial charge is 0.391 e. The third-order valence-corrected chi connectivity index (χ3v) is 2.95. The Hall–Kier alpha value is -1.37. The summed E-state index contributed by atoms with van der Waals surface area (Å²) in [7, 11) is 0. The molecule has 0 fully saturated rings. The van der Waals surface area contributed by atoms with Gasteiger partial charge in [0.25, 0.3) is 0 Å². The molecule has 3 nitrogen and oxygen atoms in total. The molecule has 3 atom stereocenters. The lowest BCUT2D eigenvalue weighted by molar-refractivity contribution is -0.0429. The maximum Gasteiger partial charge on any atom is 0.170 e. The van der Waals surface area contributed by atoms with E-state index >= 15 is 0 Å². The molecule has 0 spiro atoms. The van der Waals surface area contributed by atoms with Crippen LogP contribution in [0.4, 0.5) is 0 Å². The number of nitriles is 1. The van der Waals surface area contributed by atoms with Crippen LogP contribution in [0.3, 0.4) is 0 Å². The predicted octanol–water partition coefficient (Wildman–Crippen LogP) is 2.65. The first-order chi connectivity index (χ1) is 7.97. The molecule has 0 amide bonds. The molecule has 0 saturated carbocycles. The third kappa shape index (κ3) is 3.29. The zero-order valence-corrected chi connectivity index (χ0v) is 10.8. The summed E-state index contributed by atoms with van der Waals surface area (Å²) in [5.41, 5.74) is 2.98. The molecule has 0 radical (unpaired) electrons. The molecule has 0 aliphatic heterocycles. The van der Waals surface area contributed by atoms with Gasteiger partial charge in [-0.2, -0.15) is 5.26 Å².